The van der Waals surface area contributed by atoms with Crippen LogP contribution in [0, 0.1) is 5.92 Å². The van der Waals surface area contributed by atoms with E-state index in [4.69, 9.17) is 9.47 Å². The van der Waals surface area contributed by atoms with Crippen LogP contribution in [0.2, 0.25) is 0 Å². The Hall–Kier alpha value is -4.66. The summed E-state index contributed by atoms with van der Waals surface area (Å²) in [4.78, 5) is 52.5. The van der Waals surface area contributed by atoms with Crippen LogP contribution < -0.4 is 10.6 Å². The Kier molecular flexibility index (Phi) is 13.8. The zero-order valence-corrected chi connectivity index (χ0v) is 29.6. The van der Waals surface area contributed by atoms with Gasteiger partial charge in [-0.15, -0.1) is 0 Å². The second-order valence-corrected chi connectivity index (χ2v) is 13.6. The lowest BCUT2D eigenvalue weighted by molar-refractivity contribution is -0.143. The number of amides is 3. The van der Waals surface area contributed by atoms with E-state index < -0.39 is 29.7 Å². The Morgan fingerprint density at radius 2 is 1.33 bits per heavy atom. The van der Waals surface area contributed by atoms with Gasteiger partial charge in [0.25, 0.3) is 0 Å². The van der Waals surface area contributed by atoms with Gasteiger partial charge in [0.2, 0.25) is 11.8 Å². The molecular formula is C39H51N3O6. The van der Waals surface area contributed by atoms with Crippen molar-refractivity contribution in [1.82, 2.24) is 15.5 Å². The molecule has 0 aliphatic heterocycles. The molecule has 0 unspecified atom stereocenters. The van der Waals surface area contributed by atoms with Gasteiger partial charge in [-0.1, -0.05) is 86.6 Å². The van der Waals surface area contributed by atoms with Gasteiger partial charge in [-0.2, -0.15) is 0 Å². The maximum Gasteiger partial charge on any atom is 0.408 e. The van der Waals surface area contributed by atoms with Crippen LogP contribution in [-0.4, -0.2) is 67.2 Å². The third-order valence-corrected chi connectivity index (χ3v) is 7.54. The first-order chi connectivity index (χ1) is 22.6. The molecule has 0 aliphatic rings. The van der Waals surface area contributed by atoms with Gasteiger partial charge in [-0.05, 0) is 79.8 Å². The monoisotopic (exact) mass is 657 g/mol. The Morgan fingerprint density at radius 3 is 1.85 bits per heavy atom. The number of hydrogen-bond donors (Lipinski definition) is 2. The van der Waals surface area contributed by atoms with Gasteiger partial charge in [0, 0.05) is 26.9 Å². The first kappa shape index (κ1) is 37.8. The average molecular weight is 658 g/mol. The van der Waals surface area contributed by atoms with Gasteiger partial charge in [0.1, 0.15) is 17.7 Å². The second-order valence-electron chi connectivity index (χ2n) is 13.6. The Morgan fingerprint density at radius 1 is 0.771 bits per heavy atom. The van der Waals surface area contributed by atoms with Crippen LogP contribution in [0.5, 0.6) is 0 Å². The maximum atomic E-state index is 13.5. The molecule has 48 heavy (non-hydrogen) atoms. The molecule has 3 rings (SSSR count). The number of benzene rings is 3. The van der Waals surface area contributed by atoms with Crippen molar-refractivity contribution in [3.05, 3.63) is 83.9 Å². The number of alkyl carbamates (subject to hydrolysis) is 1. The molecule has 0 radical (unpaired) electrons. The fourth-order valence-corrected chi connectivity index (χ4v) is 5.29. The maximum absolute atomic E-state index is 13.5. The molecule has 2 atom stereocenters. The lowest BCUT2D eigenvalue weighted by Gasteiger charge is -2.27. The molecule has 0 saturated heterocycles. The number of carbonyl (C=O) groups is 4. The van der Waals surface area contributed by atoms with Crippen LogP contribution >= 0.6 is 0 Å². The van der Waals surface area contributed by atoms with Crippen LogP contribution in [0.1, 0.15) is 65.5 Å². The van der Waals surface area contributed by atoms with E-state index >= 15 is 0 Å². The number of rotatable bonds is 14. The molecule has 2 N–H and O–H groups in total. The van der Waals surface area contributed by atoms with E-state index in [0.717, 1.165) is 33.4 Å². The first-order valence-electron chi connectivity index (χ1n) is 16.6. The second kappa shape index (κ2) is 17.5. The van der Waals surface area contributed by atoms with Gasteiger partial charge in [0.05, 0.1) is 6.61 Å². The highest BCUT2D eigenvalue weighted by Gasteiger charge is 2.30. The van der Waals surface area contributed by atoms with Crippen LogP contribution in [-0.2, 0) is 36.7 Å². The lowest BCUT2D eigenvalue weighted by atomic mass is 9.96. The van der Waals surface area contributed by atoms with Gasteiger partial charge < -0.3 is 25.0 Å². The topological polar surface area (TPSA) is 114 Å². The third-order valence-electron chi connectivity index (χ3n) is 7.54. The quantitative estimate of drug-likeness (QED) is 0.190. The number of likely N-dealkylation sites (N-methyl/N-ethyl adjacent to an activating group) is 1. The fourth-order valence-electron chi connectivity index (χ4n) is 5.29. The molecule has 3 amide bonds. The molecule has 3 aromatic carbocycles. The van der Waals surface area contributed by atoms with Crippen molar-refractivity contribution in [3.63, 3.8) is 0 Å². The minimum atomic E-state index is -0.861. The highest BCUT2D eigenvalue weighted by molar-refractivity contribution is 5.91. The summed E-state index contributed by atoms with van der Waals surface area (Å²) in [6, 6.07) is 22.6. The van der Waals surface area contributed by atoms with Gasteiger partial charge >= 0.3 is 12.1 Å². The van der Waals surface area contributed by atoms with Crippen LogP contribution in [0.3, 0.4) is 0 Å². The summed E-state index contributed by atoms with van der Waals surface area (Å²) in [6.07, 6.45) is 0.942. The zero-order valence-electron chi connectivity index (χ0n) is 29.6. The number of esters is 1. The van der Waals surface area contributed by atoms with E-state index in [2.05, 4.69) is 47.0 Å². The summed E-state index contributed by atoms with van der Waals surface area (Å²) in [5, 5.41) is 5.60. The van der Waals surface area contributed by atoms with Gasteiger partial charge in [-0.25, -0.2) is 4.79 Å². The number of ether oxygens (including phenoxy) is 2. The van der Waals surface area contributed by atoms with Crippen molar-refractivity contribution < 1.29 is 28.7 Å². The van der Waals surface area contributed by atoms with E-state index in [1.54, 1.807) is 41.8 Å². The summed E-state index contributed by atoms with van der Waals surface area (Å²) in [5.74, 6) is -0.767. The Bertz CT molecular complexity index is 1540. The summed E-state index contributed by atoms with van der Waals surface area (Å²) in [5.41, 5.74) is 5.35. The normalized spacial score (nSPS) is 12.5. The van der Waals surface area contributed by atoms with Crippen molar-refractivity contribution in [2.24, 2.45) is 5.92 Å². The zero-order chi connectivity index (χ0) is 35.4. The van der Waals surface area contributed by atoms with E-state index in [-0.39, 0.29) is 24.2 Å². The third kappa shape index (κ3) is 12.2. The molecule has 0 fully saturated rings. The van der Waals surface area contributed by atoms with Gasteiger partial charge in [0.15, 0.2) is 0 Å². The molecule has 0 aliphatic carbocycles. The summed E-state index contributed by atoms with van der Waals surface area (Å²) in [6.45, 7) is 11.4. The fraction of sp³-hybridized carbons (Fsp3) is 0.436. The van der Waals surface area contributed by atoms with Gasteiger partial charge in [-0.3, -0.25) is 14.4 Å². The Labute approximate surface area is 285 Å². The molecule has 9 heteroatoms. The van der Waals surface area contributed by atoms with E-state index in [1.807, 2.05) is 50.2 Å². The number of nitrogens with one attached hydrogen (secondary N) is 2. The highest BCUT2D eigenvalue weighted by atomic mass is 16.6. The van der Waals surface area contributed by atoms with E-state index in [1.165, 1.54) is 4.90 Å². The molecule has 3 aromatic rings. The van der Waals surface area contributed by atoms with Crippen molar-refractivity contribution in [1.29, 1.82) is 0 Å². The number of carbonyl (C=O) groups excluding carboxylic acids is 4. The molecule has 0 saturated carbocycles. The van der Waals surface area contributed by atoms with Crippen molar-refractivity contribution >= 4 is 23.9 Å². The predicted molar refractivity (Wildman–Crippen MR) is 189 cm³/mol. The minimum absolute atomic E-state index is 0.113. The largest absolute Gasteiger partial charge is 0.466 e. The number of hydrogen-bond acceptors (Lipinski definition) is 6. The predicted octanol–water partition coefficient (Wildman–Crippen LogP) is 6.57. The molecular weight excluding hydrogens is 606 g/mol. The minimum Gasteiger partial charge on any atom is -0.466 e. The van der Waals surface area contributed by atoms with Crippen LogP contribution in [0.15, 0.2) is 72.8 Å². The Balaban J connectivity index is 1.77. The SMILES string of the molecule is CCOC(=O)CCc1cccc(-c2ccc(-c3cccc(C[C@H](NC(=O)[C@H](CC(C)C)NC(=O)OC(C)(C)C)C(=O)N(C)C)c3)cc2)c1. The average Bonchev–Trinajstić information content (AvgIpc) is 3.02. The van der Waals surface area contributed by atoms with E-state index in [0.29, 0.717) is 25.9 Å². The lowest BCUT2D eigenvalue weighted by Crippen LogP contribution is -2.55. The van der Waals surface area contributed by atoms with Crippen LogP contribution in [0.25, 0.3) is 22.3 Å². The standard InChI is InChI=1S/C39H51N3O6/c1-9-47-35(43)21-16-27-12-10-14-31(23-27)29-17-19-30(20-18-29)32-15-11-13-28(24-32)25-34(37(45)42(7)8)40-36(44)33(22-26(2)3)41-38(46)48-39(4,5)6/h10-15,17-20,23-24,26,33-34H,9,16,21-22,25H2,1-8H3,(H,40,44)(H,41,46)/t33-,34-/m0/s1. The number of aryl methyl sites for hydroxylation is 1. The molecule has 0 heterocycles. The molecule has 0 spiro atoms. The smallest absolute Gasteiger partial charge is 0.408 e. The highest BCUT2D eigenvalue weighted by Crippen LogP contribution is 2.27. The van der Waals surface area contributed by atoms with E-state index in [9.17, 15) is 19.2 Å². The molecule has 258 valence electrons. The van der Waals surface area contributed by atoms with Crippen LogP contribution in [0.4, 0.5) is 4.79 Å². The number of nitrogens with zero attached hydrogens (tertiary/aromatic N) is 1. The molecule has 0 bridgehead atoms. The van der Waals surface area contributed by atoms with Crippen molar-refractivity contribution in [3.8, 4) is 22.3 Å². The summed E-state index contributed by atoms with van der Waals surface area (Å²) in [7, 11) is 3.31. The summed E-state index contributed by atoms with van der Waals surface area (Å²) < 4.78 is 10.4. The first-order valence-corrected chi connectivity index (χ1v) is 16.6. The van der Waals surface area contributed by atoms with Crippen molar-refractivity contribution in [2.75, 3.05) is 20.7 Å². The van der Waals surface area contributed by atoms with Crippen molar-refractivity contribution in [2.45, 2.75) is 84.9 Å². The summed E-state index contributed by atoms with van der Waals surface area (Å²) >= 11 is 0. The molecule has 0 aromatic heterocycles. The molecule has 9 nitrogen and oxygen atoms in total.